The van der Waals surface area contributed by atoms with Gasteiger partial charge in [-0.15, -0.1) is 0 Å². The van der Waals surface area contributed by atoms with Crippen LogP contribution in [0.5, 0.6) is 0 Å². The second kappa shape index (κ2) is 8.02. The smallest absolute Gasteiger partial charge is 0.326 e. The molecule has 9 heteroatoms. The molecule has 0 aromatic heterocycles. The van der Waals surface area contributed by atoms with Gasteiger partial charge >= 0.3 is 5.97 Å². The molecule has 3 N–H and O–H groups in total. The Morgan fingerprint density at radius 1 is 1.28 bits per heavy atom. The number of hydrogen-bond acceptors (Lipinski definition) is 5. The topological polar surface area (TPSA) is 133 Å². The van der Waals surface area contributed by atoms with E-state index < -0.39 is 29.9 Å². The second-order valence-corrected chi connectivity index (χ2v) is 7.77. The molecule has 9 nitrogen and oxygen atoms in total. The van der Waals surface area contributed by atoms with Gasteiger partial charge in [0.15, 0.2) is 0 Å². The lowest BCUT2D eigenvalue weighted by Gasteiger charge is -2.29. The van der Waals surface area contributed by atoms with Gasteiger partial charge in [-0.25, -0.2) is 4.79 Å². The number of fused-ring (bicyclic) bond motifs is 1. The third kappa shape index (κ3) is 4.28. The summed E-state index contributed by atoms with van der Waals surface area (Å²) in [6.07, 6.45) is 0.706. The quantitative estimate of drug-likeness (QED) is 0.600. The van der Waals surface area contributed by atoms with Gasteiger partial charge in [0.2, 0.25) is 11.8 Å². The van der Waals surface area contributed by atoms with Crippen LogP contribution in [-0.2, 0) is 20.9 Å². The van der Waals surface area contributed by atoms with Crippen LogP contribution in [0.25, 0.3) is 0 Å². The van der Waals surface area contributed by atoms with E-state index in [4.69, 9.17) is 0 Å². The number of carboxylic acid groups (broad SMARTS) is 1. The van der Waals surface area contributed by atoms with Crippen molar-refractivity contribution in [3.05, 3.63) is 34.9 Å². The summed E-state index contributed by atoms with van der Waals surface area (Å²) in [4.78, 5) is 61.5. The van der Waals surface area contributed by atoms with Gasteiger partial charge in [-0.2, -0.15) is 0 Å². The minimum Gasteiger partial charge on any atom is -0.480 e. The molecule has 0 bridgehead atoms. The molecular formula is C20H23N3O6. The van der Waals surface area contributed by atoms with Crippen LogP contribution in [0.3, 0.4) is 0 Å². The van der Waals surface area contributed by atoms with Crippen molar-refractivity contribution >= 4 is 29.6 Å². The van der Waals surface area contributed by atoms with E-state index in [0.717, 1.165) is 0 Å². The number of imide groups is 1. The van der Waals surface area contributed by atoms with Crippen molar-refractivity contribution in [1.29, 1.82) is 0 Å². The average molecular weight is 401 g/mol. The van der Waals surface area contributed by atoms with E-state index in [0.29, 0.717) is 11.1 Å². The summed E-state index contributed by atoms with van der Waals surface area (Å²) in [7, 11) is 0. The molecule has 2 heterocycles. The minimum atomic E-state index is -1.12. The normalized spacial score (nSPS) is 19.8. The average Bonchev–Trinajstić information content (AvgIpc) is 2.96. The van der Waals surface area contributed by atoms with Gasteiger partial charge in [-0.05, 0) is 36.5 Å². The zero-order valence-corrected chi connectivity index (χ0v) is 16.2. The number of aliphatic carboxylic acids is 1. The van der Waals surface area contributed by atoms with Crippen molar-refractivity contribution in [2.45, 2.75) is 51.7 Å². The molecule has 1 fully saturated rings. The Balaban J connectivity index is 1.76. The largest absolute Gasteiger partial charge is 0.480 e. The fraction of sp³-hybridized carbons (Fsp3) is 0.450. The van der Waals surface area contributed by atoms with Crippen molar-refractivity contribution < 1.29 is 29.1 Å². The summed E-state index contributed by atoms with van der Waals surface area (Å²) in [6.45, 7) is 3.94. The Bertz CT molecular complexity index is 894. The number of piperidine rings is 1. The van der Waals surface area contributed by atoms with Crippen molar-refractivity contribution in [1.82, 2.24) is 15.5 Å². The lowest BCUT2D eigenvalue weighted by molar-refractivity contribution is -0.140. The summed E-state index contributed by atoms with van der Waals surface area (Å²) in [6, 6.07) is 2.84. The molecule has 154 valence electrons. The van der Waals surface area contributed by atoms with Crippen LogP contribution in [0.15, 0.2) is 18.2 Å². The Kier molecular flexibility index (Phi) is 5.67. The number of carbonyl (C=O) groups is 5. The van der Waals surface area contributed by atoms with E-state index in [1.54, 1.807) is 6.07 Å². The first kappa shape index (κ1) is 20.5. The van der Waals surface area contributed by atoms with Gasteiger partial charge in [-0.1, -0.05) is 19.9 Å². The predicted octanol–water partition coefficient (Wildman–Crippen LogP) is 0.677. The van der Waals surface area contributed by atoms with Crippen LogP contribution in [0.4, 0.5) is 0 Å². The lowest BCUT2D eigenvalue weighted by Crippen LogP contribution is -2.52. The fourth-order valence-corrected chi connectivity index (χ4v) is 3.63. The van der Waals surface area contributed by atoms with E-state index in [9.17, 15) is 29.1 Å². The maximum absolute atomic E-state index is 12.8. The molecule has 2 aliphatic heterocycles. The first-order valence-electron chi connectivity index (χ1n) is 9.48. The molecule has 1 unspecified atom stereocenters. The van der Waals surface area contributed by atoms with Crippen LogP contribution in [-0.4, -0.2) is 51.7 Å². The zero-order chi connectivity index (χ0) is 21.3. The molecule has 0 saturated carbocycles. The summed E-state index contributed by atoms with van der Waals surface area (Å²) in [5.41, 5.74) is 1.16. The molecule has 29 heavy (non-hydrogen) atoms. The van der Waals surface area contributed by atoms with Gasteiger partial charge in [0.1, 0.15) is 12.1 Å². The van der Waals surface area contributed by atoms with Crippen LogP contribution in [0, 0.1) is 5.92 Å². The monoisotopic (exact) mass is 401 g/mol. The third-order valence-electron chi connectivity index (χ3n) is 5.10. The molecule has 2 atom stereocenters. The SMILES string of the molecule is CC(C)C[C@@H](NC(=O)c1ccc2c(c1)C(=O)N(C1CCC(=O)NC1=O)C2)C(=O)O. The zero-order valence-electron chi connectivity index (χ0n) is 16.2. The molecule has 1 aromatic carbocycles. The van der Waals surface area contributed by atoms with E-state index >= 15 is 0 Å². The number of amides is 4. The van der Waals surface area contributed by atoms with Crippen molar-refractivity contribution in [3.63, 3.8) is 0 Å². The molecule has 1 saturated heterocycles. The summed E-state index contributed by atoms with van der Waals surface area (Å²) in [5.74, 6) is -2.86. The molecule has 0 spiro atoms. The van der Waals surface area contributed by atoms with Crippen molar-refractivity contribution in [2.24, 2.45) is 5.92 Å². The Morgan fingerprint density at radius 3 is 2.62 bits per heavy atom. The van der Waals surface area contributed by atoms with Crippen LogP contribution in [0.1, 0.15) is 59.4 Å². The van der Waals surface area contributed by atoms with Crippen LogP contribution >= 0.6 is 0 Å². The van der Waals surface area contributed by atoms with Crippen molar-refractivity contribution in [3.8, 4) is 0 Å². The molecule has 0 aliphatic carbocycles. The van der Waals surface area contributed by atoms with Crippen molar-refractivity contribution in [2.75, 3.05) is 0 Å². The summed E-state index contributed by atoms with van der Waals surface area (Å²) < 4.78 is 0. The van der Waals surface area contributed by atoms with E-state index in [1.165, 1.54) is 17.0 Å². The summed E-state index contributed by atoms with van der Waals surface area (Å²) >= 11 is 0. The number of rotatable bonds is 6. The number of carboxylic acids is 1. The van der Waals surface area contributed by atoms with E-state index in [-0.39, 0.29) is 49.1 Å². The maximum Gasteiger partial charge on any atom is 0.326 e. The molecule has 0 radical (unpaired) electrons. The third-order valence-corrected chi connectivity index (χ3v) is 5.10. The first-order valence-corrected chi connectivity index (χ1v) is 9.48. The molecule has 3 rings (SSSR count). The highest BCUT2D eigenvalue weighted by Gasteiger charge is 2.39. The molecule has 2 aliphatic rings. The van der Waals surface area contributed by atoms with Gasteiger partial charge in [0.25, 0.3) is 11.8 Å². The van der Waals surface area contributed by atoms with Gasteiger partial charge in [0.05, 0.1) is 0 Å². The minimum absolute atomic E-state index is 0.0834. The van der Waals surface area contributed by atoms with Crippen LogP contribution < -0.4 is 10.6 Å². The van der Waals surface area contributed by atoms with Gasteiger partial charge in [0, 0.05) is 24.1 Å². The van der Waals surface area contributed by atoms with E-state index in [1.807, 2.05) is 13.8 Å². The predicted molar refractivity (Wildman–Crippen MR) is 101 cm³/mol. The lowest BCUT2D eigenvalue weighted by atomic mass is 10.0. The number of hydrogen-bond donors (Lipinski definition) is 3. The Hall–Kier alpha value is -3.23. The van der Waals surface area contributed by atoms with Gasteiger partial charge in [-0.3, -0.25) is 24.5 Å². The molecular weight excluding hydrogens is 378 g/mol. The fourth-order valence-electron chi connectivity index (χ4n) is 3.63. The summed E-state index contributed by atoms with van der Waals surface area (Å²) in [5, 5.41) is 14.0. The Labute approximate surface area is 167 Å². The standard InChI is InChI=1S/C20H23N3O6/c1-10(2)7-14(20(28)29)21-17(25)11-3-4-12-9-23(19(27)13(12)8-11)15-5-6-16(24)22-18(15)26/h3-4,8,10,14-15H,5-7,9H2,1-2H3,(H,21,25)(H,28,29)(H,22,24,26)/t14-,15?/m1/s1. The first-order chi connectivity index (χ1) is 13.7. The van der Waals surface area contributed by atoms with Crippen LogP contribution in [0.2, 0.25) is 0 Å². The highest BCUT2D eigenvalue weighted by molar-refractivity contribution is 6.06. The highest BCUT2D eigenvalue weighted by atomic mass is 16.4. The number of benzene rings is 1. The Morgan fingerprint density at radius 2 is 2.00 bits per heavy atom. The number of nitrogens with zero attached hydrogens (tertiary/aromatic N) is 1. The van der Waals surface area contributed by atoms with E-state index in [2.05, 4.69) is 10.6 Å². The molecule has 1 aromatic rings. The molecule has 4 amide bonds. The maximum atomic E-state index is 12.8. The number of nitrogens with one attached hydrogen (secondary N) is 2. The highest BCUT2D eigenvalue weighted by Crippen LogP contribution is 2.28. The second-order valence-electron chi connectivity index (χ2n) is 7.77. The number of carbonyl (C=O) groups excluding carboxylic acids is 4. The van der Waals surface area contributed by atoms with Gasteiger partial charge < -0.3 is 15.3 Å².